The number of rotatable bonds is 9. The molecule has 1 atom stereocenters. The molecule has 3 aromatic rings. The fraction of sp³-hybridized carbons (Fsp3) is 0.208. The van der Waals surface area contributed by atoms with E-state index in [0.717, 1.165) is 11.3 Å². The normalized spacial score (nSPS) is 11.4. The van der Waals surface area contributed by atoms with E-state index in [2.05, 4.69) is 5.32 Å². The number of ether oxygens (including phenoxy) is 3. The number of amides is 1. The molecule has 0 aliphatic carbocycles. The lowest BCUT2D eigenvalue weighted by Crippen LogP contribution is -2.36. The van der Waals surface area contributed by atoms with Gasteiger partial charge in [-0.3, -0.25) is 4.79 Å². The molecule has 0 aliphatic heterocycles. The molecular formula is C24H24ClNO4. The minimum atomic E-state index is -0.191. The molecule has 0 bridgehead atoms. The average Bonchev–Trinajstić information content (AvgIpc) is 2.77. The van der Waals surface area contributed by atoms with E-state index in [-0.39, 0.29) is 11.9 Å². The van der Waals surface area contributed by atoms with E-state index in [1.807, 2.05) is 61.5 Å². The fourth-order valence-corrected chi connectivity index (χ4v) is 2.94. The Morgan fingerprint density at radius 2 is 1.67 bits per heavy atom. The Kier molecular flexibility index (Phi) is 7.57. The molecule has 5 nitrogen and oxygen atoms in total. The molecule has 3 rings (SSSR count). The summed E-state index contributed by atoms with van der Waals surface area (Å²) >= 11 is 6.16. The van der Waals surface area contributed by atoms with Crippen LogP contribution >= 0.6 is 11.6 Å². The van der Waals surface area contributed by atoms with Gasteiger partial charge < -0.3 is 19.5 Å². The summed E-state index contributed by atoms with van der Waals surface area (Å²) in [5, 5.41) is 3.58. The molecule has 0 heterocycles. The Hall–Kier alpha value is -3.18. The molecule has 1 amide bonds. The molecule has 3 aromatic carbocycles. The van der Waals surface area contributed by atoms with E-state index in [4.69, 9.17) is 25.8 Å². The van der Waals surface area contributed by atoms with E-state index in [1.54, 1.807) is 25.3 Å². The molecular weight excluding hydrogens is 402 g/mol. The Labute approximate surface area is 181 Å². The van der Waals surface area contributed by atoms with Crippen LogP contribution in [0.2, 0.25) is 5.02 Å². The molecule has 6 heteroatoms. The Balaban J connectivity index is 1.51. The van der Waals surface area contributed by atoms with Crippen LogP contribution in [-0.4, -0.2) is 25.7 Å². The van der Waals surface area contributed by atoms with Crippen LogP contribution in [0.3, 0.4) is 0 Å². The summed E-state index contributed by atoms with van der Waals surface area (Å²) in [4.78, 5) is 12.6. The topological polar surface area (TPSA) is 56.8 Å². The predicted molar refractivity (Wildman–Crippen MR) is 118 cm³/mol. The van der Waals surface area contributed by atoms with Crippen LogP contribution < -0.4 is 19.5 Å². The first-order valence-corrected chi connectivity index (χ1v) is 9.97. The van der Waals surface area contributed by atoms with Crippen molar-refractivity contribution >= 4 is 17.5 Å². The number of benzene rings is 3. The third kappa shape index (κ3) is 6.16. The molecule has 0 unspecified atom stereocenters. The van der Waals surface area contributed by atoms with Crippen LogP contribution in [0, 0.1) is 0 Å². The predicted octanol–water partition coefficient (Wildman–Crippen LogP) is 5.12. The van der Waals surface area contributed by atoms with Gasteiger partial charge in [0.2, 0.25) is 0 Å². The highest BCUT2D eigenvalue weighted by Gasteiger charge is 2.12. The maximum absolute atomic E-state index is 12.6. The summed E-state index contributed by atoms with van der Waals surface area (Å²) in [7, 11) is 1.62. The zero-order chi connectivity index (χ0) is 21.3. The van der Waals surface area contributed by atoms with Crippen molar-refractivity contribution in [2.75, 3.05) is 13.7 Å². The van der Waals surface area contributed by atoms with Crippen LogP contribution in [0.1, 0.15) is 22.8 Å². The number of nitrogens with one attached hydrogen (secondary N) is 1. The number of hydrogen-bond donors (Lipinski definition) is 1. The smallest absolute Gasteiger partial charge is 0.251 e. The third-order valence-electron chi connectivity index (χ3n) is 4.39. The maximum Gasteiger partial charge on any atom is 0.251 e. The van der Waals surface area contributed by atoms with Crippen LogP contribution in [0.5, 0.6) is 17.2 Å². The quantitative estimate of drug-likeness (QED) is 0.516. The van der Waals surface area contributed by atoms with Gasteiger partial charge in [0.1, 0.15) is 30.5 Å². The Morgan fingerprint density at radius 3 is 2.40 bits per heavy atom. The first-order chi connectivity index (χ1) is 14.5. The Morgan fingerprint density at radius 1 is 0.933 bits per heavy atom. The summed E-state index contributed by atoms with van der Waals surface area (Å²) < 4.78 is 16.6. The van der Waals surface area contributed by atoms with Gasteiger partial charge in [0, 0.05) is 16.1 Å². The van der Waals surface area contributed by atoms with E-state index in [0.29, 0.717) is 35.3 Å². The van der Waals surface area contributed by atoms with Crippen LogP contribution in [-0.2, 0) is 6.61 Å². The maximum atomic E-state index is 12.6. The van der Waals surface area contributed by atoms with Crippen molar-refractivity contribution < 1.29 is 19.0 Å². The summed E-state index contributed by atoms with van der Waals surface area (Å²) in [6, 6.07) is 21.7. The number of carbonyl (C=O) groups excluding carboxylic acids is 1. The molecule has 0 saturated carbocycles. The molecule has 0 saturated heterocycles. The first-order valence-electron chi connectivity index (χ1n) is 9.59. The zero-order valence-corrected chi connectivity index (χ0v) is 17.7. The van der Waals surface area contributed by atoms with Gasteiger partial charge in [-0.15, -0.1) is 0 Å². The molecule has 30 heavy (non-hydrogen) atoms. The zero-order valence-electron chi connectivity index (χ0n) is 16.9. The van der Waals surface area contributed by atoms with Gasteiger partial charge in [-0.05, 0) is 55.5 Å². The SMILES string of the molecule is COc1ccc(OC[C@@H](C)NC(=O)c2cccc(OCc3ccccc3Cl)c2)cc1. The van der Waals surface area contributed by atoms with E-state index in [1.165, 1.54) is 0 Å². The van der Waals surface area contributed by atoms with Crippen molar-refractivity contribution in [3.8, 4) is 17.2 Å². The van der Waals surface area contributed by atoms with Crippen molar-refractivity contribution in [3.63, 3.8) is 0 Å². The summed E-state index contributed by atoms with van der Waals surface area (Å²) in [6.45, 7) is 2.57. The average molecular weight is 426 g/mol. The van der Waals surface area contributed by atoms with Gasteiger partial charge in [-0.25, -0.2) is 0 Å². The van der Waals surface area contributed by atoms with Crippen molar-refractivity contribution in [1.29, 1.82) is 0 Å². The highest BCUT2D eigenvalue weighted by atomic mass is 35.5. The lowest BCUT2D eigenvalue weighted by Gasteiger charge is -2.16. The van der Waals surface area contributed by atoms with Crippen molar-refractivity contribution in [1.82, 2.24) is 5.32 Å². The lowest BCUT2D eigenvalue weighted by atomic mass is 10.2. The van der Waals surface area contributed by atoms with Crippen LogP contribution in [0.15, 0.2) is 72.8 Å². The lowest BCUT2D eigenvalue weighted by molar-refractivity contribution is 0.0926. The number of halogens is 1. The molecule has 0 aromatic heterocycles. The molecule has 1 N–H and O–H groups in total. The second-order valence-corrected chi connectivity index (χ2v) is 7.18. The van der Waals surface area contributed by atoms with Gasteiger partial charge >= 0.3 is 0 Å². The van der Waals surface area contributed by atoms with Crippen molar-refractivity contribution in [2.45, 2.75) is 19.6 Å². The molecule has 0 radical (unpaired) electrons. The molecule has 156 valence electrons. The first kappa shape index (κ1) is 21.5. The largest absolute Gasteiger partial charge is 0.497 e. The number of methoxy groups -OCH3 is 1. The van der Waals surface area contributed by atoms with Gasteiger partial charge in [-0.2, -0.15) is 0 Å². The second kappa shape index (κ2) is 10.6. The minimum Gasteiger partial charge on any atom is -0.497 e. The highest BCUT2D eigenvalue weighted by molar-refractivity contribution is 6.31. The van der Waals surface area contributed by atoms with E-state index < -0.39 is 0 Å². The molecule has 0 aliphatic rings. The van der Waals surface area contributed by atoms with Crippen molar-refractivity contribution in [3.05, 3.63) is 88.9 Å². The van der Waals surface area contributed by atoms with Crippen LogP contribution in [0.25, 0.3) is 0 Å². The fourth-order valence-electron chi connectivity index (χ4n) is 2.75. The van der Waals surface area contributed by atoms with Gasteiger partial charge in [-0.1, -0.05) is 35.9 Å². The number of carbonyl (C=O) groups is 1. The monoisotopic (exact) mass is 425 g/mol. The van der Waals surface area contributed by atoms with E-state index in [9.17, 15) is 4.79 Å². The van der Waals surface area contributed by atoms with Crippen molar-refractivity contribution in [2.24, 2.45) is 0 Å². The molecule has 0 fully saturated rings. The van der Waals surface area contributed by atoms with Crippen LogP contribution in [0.4, 0.5) is 0 Å². The molecule has 0 spiro atoms. The van der Waals surface area contributed by atoms with E-state index >= 15 is 0 Å². The van der Waals surface area contributed by atoms with Gasteiger partial charge in [0.05, 0.1) is 13.2 Å². The summed E-state index contributed by atoms with van der Waals surface area (Å²) in [5.74, 6) is 1.89. The Bertz CT molecular complexity index is 975. The highest BCUT2D eigenvalue weighted by Crippen LogP contribution is 2.20. The summed E-state index contributed by atoms with van der Waals surface area (Å²) in [6.07, 6.45) is 0. The third-order valence-corrected chi connectivity index (χ3v) is 4.75. The van der Waals surface area contributed by atoms with Gasteiger partial charge in [0.15, 0.2) is 0 Å². The minimum absolute atomic E-state index is 0.174. The standard InChI is InChI=1S/C24H24ClNO4/c1-17(15-29-21-12-10-20(28-2)11-13-21)26-24(27)18-7-5-8-22(14-18)30-16-19-6-3-4-9-23(19)25/h3-14,17H,15-16H2,1-2H3,(H,26,27)/t17-/m1/s1. The summed E-state index contributed by atoms with van der Waals surface area (Å²) in [5.41, 5.74) is 1.40. The second-order valence-electron chi connectivity index (χ2n) is 6.77. The van der Waals surface area contributed by atoms with Gasteiger partial charge in [0.25, 0.3) is 5.91 Å². The number of hydrogen-bond acceptors (Lipinski definition) is 4.